The van der Waals surface area contributed by atoms with E-state index in [9.17, 15) is 18.0 Å². The Bertz CT molecular complexity index is 1130. The first-order chi connectivity index (χ1) is 15.3. The fraction of sp³-hybridized carbons (Fsp3) is 0.400. The molecule has 1 N–H and O–H groups in total. The molecule has 1 saturated heterocycles. The van der Waals surface area contributed by atoms with Gasteiger partial charge in [-0.1, -0.05) is 0 Å². The number of benzene rings is 1. The molecule has 0 unspecified atom stereocenters. The second kappa shape index (κ2) is 8.52. The Hall–Kier alpha value is -3.57. The molecular formula is C20H21F3N6O3. The largest absolute Gasteiger partial charge is 0.497 e. The molecule has 0 aliphatic carbocycles. The van der Waals surface area contributed by atoms with Crippen LogP contribution in [0.5, 0.6) is 11.5 Å². The van der Waals surface area contributed by atoms with Crippen molar-refractivity contribution in [3.63, 3.8) is 0 Å². The van der Waals surface area contributed by atoms with Gasteiger partial charge in [-0.25, -0.2) is 0 Å². The molecule has 170 valence electrons. The van der Waals surface area contributed by atoms with Gasteiger partial charge >= 0.3 is 6.18 Å². The number of ether oxygens (including phenoxy) is 2. The molecule has 4 rings (SSSR count). The summed E-state index contributed by atoms with van der Waals surface area (Å²) >= 11 is 0. The second-order valence-electron chi connectivity index (χ2n) is 7.30. The Morgan fingerprint density at radius 3 is 2.50 bits per heavy atom. The summed E-state index contributed by atoms with van der Waals surface area (Å²) < 4.78 is 50.5. The van der Waals surface area contributed by atoms with Gasteiger partial charge in [-0.15, -0.1) is 15.3 Å². The number of rotatable bonds is 5. The molecule has 12 heteroatoms. The lowest BCUT2D eigenvalue weighted by molar-refractivity contribution is -0.146. The van der Waals surface area contributed by atoms with E-state index in [4.69, 9.17) is 9.47 Å². The van der Waals surface area contributed by atoms with Crippen molar-refractivity contribution in [3.8, 4) is 11.5 Å². The minimum absolute atomic E-state index is 0.0174. The van der Waals surface area contributed by atoms with Crippen LogP contribution in [0.25, 0.3) is 5.65 Å². The summed E-state index contributed by atoms with van der Waals surface area (Å²) in [5, 5.41) is 13.7. The van der Waals surface area contributed by atoms with E-state index in [0.29, 0.717) is 53.5 Å². The normalized spacial score (nSPS) is 15.1. The van der Waals surface area contributed by atoms with Crippen LogP contribution in [0.3, 0.4) is 0 Å². The van der Waals surface area contributed by atoms with E-state index < -0.39 is 12.0 Å². The molecule has 3 heterocycles. The van der Waals surface area contributed by atoms with Gasteiger partial charge in [-0.05, 0) is 37.1 Å². The number of aromatic nitrogens is 4. The van der Waals surface area contributed by atoms with E-state index in [1.807, 2.05) is 4.90 Å². The van der Waals surface area contributed by atoms with Gasteiger partial charge in [0, 0.05) is 25.1 Å². The number of fused-ring (bicyclic) bond motifs is 1. The van der Waals surface area contributed by atoms with Gasteiger partial charge in [0.2, 0.25) is 5.91 Å². The number of halogens is 3. The SMILES string of the molecule is COc1ccc(NC(=O)C2CCN(c3ccc4nnc(C(F)(F)F)n4n3)CC2)c(OC)c1. The summed E-state index contributed by atoms with van der Waals surface area (Å²) in [6.45, 7) is 0.944. The number of hydrogen-bond donors (Lipinski definition) is 1. The molecule has 1 aliphatic rings. The average molecular weight is 450 g/mol. The summed E-state index contributed by atoms with van der Waals surface area (Å²) in [6, 6.07) is 8.16. The van der Waals surface area contributed by atoms with Gasteiger partial charge in [-0.2, -0.15) is 17.7 Å². The first-order valence-corrected chi connectivity index (χ1v) is 9.87. The van der Waals surface area contributed by atoms with Crippen LogP contribution in [0.4, 0.5) is 24.7 Å². The Morgan fingerprint density at radius 2 is 1.84 bits per heavy atom. The molecule has 1 aromatic carbocycles. The Labute approximate surface area is 181 Å². The minimum Gasteiger partial charge on any atom is -0.497 e. The standard InChI is InChI=1S/C20H21F3N6O3/c1-31-13-3-4-14(15(11-13)32-2)24-18(30)12-7-9-28(10-8-12)17-6-5-16-25-26-19(20(21,22)23)29(16)27-17/h3-6,11-12H,7-10H2,1-2H3,(H,24,30). The van der Waals surface area contributed by atoms with E-state index in [0.717, 1.165) is 0 Å². The van der Waals surface area contributed by atoms with Crippen molar-refractivity contribution >= 4 is 23.1 Å². The number of nitrogens with one attached hydrogen (secondary N) is 1. The zero-order valence-corrected chi connectivity index (χ0v) is 17.4. The zero-order chi connectivity index (χ0) is 22.9. The van der Waals surface area contributed by atoms with Crippen LogP contribution in [-0.2, 0) is 11.0 Å². The van der Waals surface area contributed by atoms with E-state index in [1.165, 1.54) is 13.2 Å². The van der Waals surface area contributed by atoms with E-state index >= 15 is 0 Å². The summed E-state index contributed by atoms with van der Waals surface area (Å²) in [4.78, 5) is 14.6. The molecule has 1 fully saturated rings. The zero-order valence-electron chi connectivity index (χ0n) is 17.4. The highest BCUT2D eigenvalue weighted by Gasteiger charge is 2.38. The molecule has 2 aromatic heterocycles. The highest BCUT2D eigenvalue weighted by atomic mass is 19.4. The molecule has 0 atom stereocenters. The topological polar surface area (TPSA) is 93.9 Å². The lowest BCUT2D eigenvalue weighted by Gasteiger charge is -2.32. The van der Waals surface area contributed by atoms with Crippen LogP contribution in [0.1, 0.15) is 18.7 Å². The Kier molecular flexibility index (Phi) is 5.76. The van der Waals surface area contributed by atoms with Gasteiger partial charge in [0.25, 0.3) is 5.82 Å². The van der Waals surface area contributed by atoms with Gasteiger partial charge < -0.3 is 19.7 Å². The molecule has 3 aromatic rings. The van der Waals surface area contributed by atoms with E-state index in [1.54, 1.807) is 31.4 Å². The molecule has 0 spiro atoms. The maximum absolute atomic E-state index is 13.1. The summed E-state index contributed by atoms with van der Waals surface area (Å²) in [7, 11) is 3.05. The van der Waals surface area contributed by atoms with E-state index in [2.05, 4.69) is 20.6 Å². The second-order valence-corrected chi connectivity index (χ2v) is 7.30. The highest BCUT2D eigenvalue weighted by Crippen LogP contribution is 2.31. The number of piperidine rings is 1. The quantitative estimate of drug-likeness (QED) is 0.639. The van der Waals surface area contributed by atoms with Crippen molar-refractivity contribution in [2.75, 3.05) is 37.5 Å². The minimum atomic E-state index is -4.65. The Morgan fingerprint density at radius 1 is 1.09 bits per heavy atom. The number of carbonyl (C=O) groups excluding carboxylic acids is 1. The first-order valence-electron chi connectivity index (χ1n) is 9.87. The molecule has 0 saturated carbocycles. The van der Waals surface area contributed by atoms with Crippen molar-refractivity contribution in [1.82, 2.24) is 19.8 Å². The summed E-state index contributed by atoms with van der Waals surface area (Å²) in [6.07, 6.45) is -3.60. The molecule has 32 heavy (non-hydrogen) atoms. The van der Waals surface area contributed by atoms with Gasteiger partial charge in [-0.3, -0.25) is 4.79 Å². The molecule has 1 amide bonds. The van der Waals surface area contributed by atoms with Crippen molar-refractivity contribution in [1.29, 1.82) is 0 Å². The van der Waals surface area contributed by atoms with Crippen molar-refractivity contribution in [2.45, 2.75) is 19.0 Å². The Balaban J connectivity index is 1.42. The maximum atomic E-state index is 13.1. The monoisotopic (exact) mass is 450 g/mol. The maximum Gasteiger partial charge on any atom is 0.453 e. The number of amides is 1. The highest BCUT2D eigenvalue weighted by molar-refractivity contribution is 5.94. The van der Waals surface area contributed by atoms with Crippen LogP contribution in [0.15, 0.2) is 30.3 Å². The third-order valence-electron chi connectivity index (χ3n) is 5.36. The first kappa shape index (κ1) is 21.7. The number of methoxy groups -OCH3 is 2. The molecule has 0 bridgehead atoms. The molecule has 0 radical (unpaired) electrons. The summed E-state index contributed by atoms with van der Waals surface area (Å²) in [5.41, 5.74) is 0.559. The van der Waals surface area contributed by atoms with Gasteiger partial charge in [0.1, 0.15) is 17.3 Å². The third-order valence-corrected chi connectivity index (χ3v) is 5.36. The van der Waals surface area contributed by atoms with Crippen LogP contribution < -0.4 is 19.7 Å². The molecular weight excluding hydrogens is 429 g/mol. The molecule has 1 aliphatic heterocycles. The fourth-order valence-electron chi connectivity index (χ4n) is 3.63. The molecule has 9 nitrogen and oxygen atoms in total. The van der Waals surface area contributed by atoms with Gasteiger partial charge in [0.15, 0.2) is 5.65 Å². The number of nitrogens with zero attached hydrogens (tertiary/aromatic N) is 5. The number of alkyl halides is 3. The van der Waals surface area contributed by atoms with Crippen molar-refractivity contribution in [3.05, 3.63) is 36.2 Å². The lowest BCUT2D eigenvalue weighted by Crippen LogP contribution is -2.38. The van der Waals surface area contributed by atoms with Crippen LogP contribution >= 0.6 is 0 Å². The third kappa shape index (κ3) is 4.25. The average Bonchev–Trinajstić information content (AvgIpc) is 3.23. The van der Waals surface area contributed by atoms with Gasteiger partial charge in [0.05, 0.1) is 19.9 Å². The number of anilines is 2. The smallest absolute Gasteiger partial charge is 0.453 e. The van der Waals surface area contributed by atoms with Crippen LogP contribution in [-0.4, -0.2) is 53.0 Å². The van der Waals surface area contributed by atoms with Crippen molar-refractivity contribution < 1.29 is 27.4 Å². The predicted octanol–water partition coefficient (Wildman–Crippen LogP) is 3.02. The van der Waals surface area contributed by atoms with Crippen LogP contribution in [0, 0.1) is 5.92 Å². The van der Waals surface area contributed by atoms with E-state index in [-0.39, 0.29) is 17.5 Å². The predicted molar refractivity (Wildman–Crippen MR) is 109 cm³/mol. The number of carbonyl (C=O) groups is 1. The number of hydrogen-bond acceptors (Lipinski definition) is 7. The lowest BCUT2D eigenvalue weighted by atomic mass is 9.95. The van der Waals surface area contributed by atoms with Crippen molar-refractivity contribution in [2.24, 2.45) is 5.92 Å². The fourth-order valence-corrected chi connectivity index (χ4v) is 3.63. The summed E-state index contributed by atoms with van der Waals surface area (Å²) in [5.74, 6) is -0.0888. The van der Waals surface area contributed by atoms with Crippen LogP contribution in [0.2, 0.25) is 0 Å².